The lowest BCUT2D eigenvalue weighted by atomic mass is 10.8. The normalized spacial score (nSPS) is 28.0. The summed E-state index contributed by atoms with van der Waals surface area (Å²) in [7, 11) is -8.15. The molecule has 1 aliphatic heterocycles. The molecule has 1 fully saturated rings. The molecule has 1 rings (SSSR count). The number of hydrogen-bond acceptors (Lipinski definition) is 8. The molecule has 0 aliphatic carbocycles. The SMILES string of the molecule is O=S1(=O)OCCOS(=O)(=O)OCCO1. The molecule has 0 radical (unpaired) electrons. The van der Waals surface area contributed by atoms with Crippen LogP contribution >= 0.6 is 0 Å². The third kappa shape index (κ3) is 4.30. The largest absolute Gasteiger partial charge is 0.400 e. The molecule has 0 aromatic heterocycles. The minimum absolute atomic E-state index is 0.453. The summed E-state index contributed by atoms with van der Waals surface area (Å²) >= 11 is 0. The lowest BCUT2D eigenvalue weighted by Crippen LogP contribution is -2.22. The molecule has 1 heterocycles. The van der Waals surface area contributed by atoms with Crippen LogP contribution in [0.1, 0.15) is 0 Å². The molecule has 8 nitrogen and oxygen atoms in total. The van der Waals surface area contributed by atoms with Gasteiger partial charge in [0, 0.05) is 0 Å². The van der Waals surface area contributed by atoms with Gasteiger partial charge in [0.25, 0.3) is 0 Å². The maximum atomic E-state index is 10.7. The Morgan fingerprint density at radius 1 is 0.571 bits per heavy atom. The number of hydrogen-bond donors (Lipinski definition) is 0. The molecule has 0 unspecified atom stereocenters. The molecule has 0 aromatic carbocycles. The van der Waals surface area contributed by atoms with E-state index < -0.39 is 47.2 Å². The van der Waals surface area contributed by atoms with Gasteiger partial charge in [-0.25, -0.2) is 16.7 Å². The fourth-order valence-electron chi connectivity index (χ4n) is 0.612. The Labute approximate surface area is 81.4 Å². The molecule has 1 saturated heterocycles. The van der Waals surface area contributed by atoms with Gasteiger partial charge in [0.2, 0.25) is 0 Å². The van der Waals surface area contributed by atoms with E-state index in [2.05, 4.69) is 16.7 Å². The van der Waals surface area contributed by atoms with Crippen molar-refractivity contribution in [1.82, 2.24) is 0 Å². The second kappa shape index (κ2) is 4.51. The maximum Gasteiger partial charge on any atom is 0.400 e. The molecule has 0 atom stereocenters. The smallest absolute Gasteiger partial charge is 0.246 e. The van der Waals surface area contributed by atoms with E-state index in [1.165, 1.54) is 0 Å². The van der Waals surface area contributed by atoms with Crippen molar-refractivity contribution in [1.29, 1.82) is 0 Å². The quantitative estimate of drug-likeness (QED) is 0.513. The second-order valence-electron chi connectivity index (χ2n) is 2.10. The average Bonchev–Trinajstić information content (AvgIpc) is 2.07. The first-order valence-corrected chi connectivity index (χ1v) is 6.15. The Morgan fingerprint density at radius 3 is 1.00 bits per heavy atom. The summed E-state index contributed by atoms with van der Waals surface area (Å²) in [5.74, 6) is 0. The minimum Gasteiger partial charge on any atom is -0.246 e. The molecule has 0 N–H and O–H groups in total. The van der Waals surface area contributed by atoms with Crippen LogP contribution in [0.15, 0.2) is 0 Å². The van der Waals surface area contributed by atoms with Crippen molar-refractivity contribution in [2.24, 2.45) is 0 Å². The Morgan fingerprint density at radius 2 is 0.786 bits per heavy atom. The van der Waals surface area contributed by atoms with E-state index in [4.69, 9.17) is 0 Å². The molecule has 10 heteroatoms. The molecular formula is C4H8O8S2. The Bertz CT molecular complexity index is 304. The zero-order valence-electron chi connectivity index (χ0n) is 6.91. The Balaban J connectivity index is 2.59. The summed E-state index contributed by atoms with van der Waals surface area (Å²) in [5.41, 5.74) is 0. The monoisotopic (exact) mass is 248 g/mol. The molecular weight excluding hydrogens is 240 g/mol. The van der Waals surface area contributed by atoms with Gasteiger partial charge < -0.3 is 0 Å². The lowest BCUT2D eigenvalue weighted by Gasteiger charge is -2.10. The summed E-state index contributed by atoms with van der Waals surface area (Å²) in [6.07, 6.45) is 0. The van der Waals surface area contributed by atoms with E-state index in [-0.39, 0.29) is 0 Å². The fraction of sp³-hybridized carbons (Fsp3) is 1.00. The third-order valence-corrected chi connectivity index (χ3v) is 2.90. The summed E-state index contributed by atoms with van der Waals surface area (Å²) < 4.78 is 59.8. The van der Waals surface area contributed by atoms with Crippen molar-refractivity contribution >= 4 is 20.8 Å². The third-order valence-electron chi connectivity index (χ3n) is 1.08. The second-order valence-corrected chi connectivity index (χ2v) is 4.68. The summed E-state index contributed by atoms with van der Waals surface area (Å²) in [5, 5.41) is 0. The van der Waals surface area contributed by atoms with E-state index in [0.717, 1.165) is 0 Å². The zero-order chi connectivity index (χ0) is 10.7. The van der Waals surface area contributed by atoms with Gasteiger partial charge in [-0.1, -0.05) is 0 Å². The van der Waals surface area contributed by atoms with E-state index in [9.17, 15) is 16.8 Å². The molecule has 0 bridgehead atoms. The van der Waals surface area contributed by atoms with Gasteiger partial charge in [0.15, 0.2) is 0 Å². The van der Waals surface area contributed by atoms with Gasteiger partial charge in [-0.3, -0.25) is 0 Å². The highest BCUT2D eigenvalue weighted by Gasteiger charge is 2.18. The molecule has 1 aliphatic rings. The first-order chi connectivity index (χ1) is 6.41. The lowest BCUT2D eigenvalue weighted by molar-refractivity contribution is 0.123. The van der Waals surface area contributed by atoms with E-state index in [1.54, 1.807) is 0 Å². The molecule has 0 aromatic rings. The van der Waals surface area contributed by atoms with Crippen LogP contribution in [-0.2, 0) is 37.5 Å². The fourth-order valence-corrected chi connectivity index (χ4v) is 1.84. The predicted molar refractivity (Wildman–Crippen MR) is 41.6 cm³/mol. The van der Waals surface area contributed by atoms with Crippen molar-refractivity contribution in [3.8, 4) is 0 Å². The first kappa shape index (κ1) is 11.8. The van der Waals surface area contributed by atoms with Crippen LogP contribution in [0.3, 0.4) is 0 Å². The van der Waals surface area contributed by atoms with Crippen LogP contribution < -0.4 is 0 Å². The Hall–Kier alpha value is -0.260. The minimum atomic E-state index is -4.07. The highest BCUT2D eigenvalue weighted by atomic mass is 32.3. The van der Waals surface area contributed by atoms with Crippen LogP contribution in [-0.4, -0.2) is 43.3 Å². The van der Waals surface area contributed by atoms with Crippen molar-refractivity contribution < 1.29 is 33.6 Å². The van der Waals surface area contributed by atoms with E-state index in [0.29, 0.717) is 0 Å². The van der Waals surface area contributed by atoms with Crippen molar-refractivity contribution in [3.63, 3.8) is 0 Å². The first-order valence-electron chi connectivity index (χ1n) is 3.49. The Kier molecular flexibility index (Phi) is 3.80. The van der Waals surface area contributed by atoms with Crippen LogP contribution in [0.25, 0.3) is 0 Å². The highest BCUT2D eigenvalue weighted by Crippen LogP contribution is 2.02. The van der Waals surface area contributed by atoms with Crippen LogP contribution in [0, 0.1) is 0 Å². The summed E-state index contributed by atoms with van der Waals surface area (Å²) in [6, 6.07) is 0. The van der Waals surface area contributed by atoms with Crippen molar-refractivity contribution in [3.05, 3.63) is 0 Å². The summed E-state index contributed by atoms with van der Waals surface area (Å²) in [4.78, 5) is 0. The van der Waals surface area contributed by atoms with Gasteiger partial charge in [0.1, 0.15) is 0 Å². The van der Waals surface area contributed by atoms with Gasteiger partial charge in [-0.2, -0.15) is 16.8 Å². The topological polar surface area (TPSA) is 105 Å². The predicted octanol–water partition coefficient (Wildman–Crippen LogP) is -1.44. The molecule has 14 heavy (non-hydrogen) atoms. The highest BCUT2D eigenvalue weighted by molar-refractivity contribution is 7.82. The average molecular weight is 248 g/mol. The van der Waals surface area contributed by atoms with Crippen LogP contribution in [0.4, 0.5) is 0 Å². The standard InChI is InChI=1S/C4H8O8S2/c5-13(6)9-1-2-10-14(7,8)12-4-3-11-13/h1-4H2. The van der Waals surface area contributed by atoms with Crippen molar-refractivity contribution in [2.45, 2.75) is 0 Å². The molecule has 0 amide bonds. The van der Waals surface area contributed by atoms with Gasteiger partial charge in [-0.15, -0.1) is 0 Å². The summed E-state index contributed by atoms with van der Waals surface area (Å²) in [6.45, 7) is -1.81. The van der Waals surface area contributed by atoms with Crippen LogP contribution in [0.5, 0.6) is 0 Å². The van der Waals surface area contributed by atoms with Gasteiger partial charge in [0.05, 0.1) is 26.4 Å². The molecule has 84 valence electrons. The number of rotatable bonds is 0. The maximum absolute atomic E-state index is 10.7. The molecule has 0 spiro atoms. The van der Waals surface area contributed by atoms with Gasteiger partial charge in [-0.05, 0) is 0 Å². The van der Waals surface area contributed by atoms with Crippen molar-refractivity contribution in [2.75, 3.05) is 26.4 Å². The van der Waals surface area contributed by atoms with Crippen LogP contribution in [0.2, 0.25) is 0 Å². The zero-order valence-corrected chi connectivity index (χ0v) is 8.54. The van der Waals surface area contributed by atoms with E-state index >= 15 is 0 Å². The van der Waals surface area contributed by atoms with E-state index in [1.807, 2.05) is 0 Å². The molecule has 0 saturated carbocycles. The van der Waals surface area contributed by atoms with Gasteiger partial charge >= 0.3 is 20.8 Å².